The normalized spacial score (nSPS) is 16.7. The molecule has 1 aromatic carbocycles. The smallest absolute Gasteiger partial charge is 0.0368 e. The first-order chi connectivity index (χ1) is 9.70. The van der Waals surface area contributed by atoms with Crippen molar-refractivity contribution in [3.05, 3.63) is 24.3 Å². The predicted molar refractivity (Wildman–Crippen MR) is 88.8 cm³/mol. The van der Waals surface area contributed by atoms with E-state index in [9.17, 15) is 0 Å². The van der Waals surface area contributed by atoms with Crippen LogP contribution in [0.25, 0.3) is 0 Å². The fourth-order valence-electron chi connectivity index (χ4n) is 2.70. The second-order valence-corrected chi connectivity index (χ2v) is 5.94. The molecule has 3 heteroatoms. The number of hydrogen-bond acceptors (Lipinski definition) is 3. The number of hydrogen-bond donors (Lipinski definition) is 1. The lowest BCUT2D eigenvalue weighted by atomic mass is 10.2. The monoisotopic (exact) mass is 275 g/mol. The molecule has 2 rings (SSSR count). The molecule has 1 fully saturated rings. The Morgan fingerprint density at radius 2 is 1.70 bits per heavy atom. The van der Waals surface area contributed by atoms with E-state index in [0.29, 0.717) is 6.04 Å². The van der Waals surface area contributed by atoms with Crippen molar-refractivity contribution in [2.45, 2.75) is 39.7 Å². The van der Waals surface area contributed by atoms with Crippen molar-refractivity contribution in [2.75, 3.05) is 42.9 Å². The molecule has 0 saturated carbocycles. The summed E-state index contributed by atoms with van der Waals surface area (Å²) in [5.74, 6) is 0. The molecule has 0 aromatic heterocycles. The number of nitrogens with one attached hydrogen (secondary N) is 1. The van der Waals surface area contributed by atoms with Crippen LogP contribution in [0.3, 0.4) is 0 Å². The van der Waals surface area contributed by atoms with Crippen LogP contribution in [-0.4, -0.2) is 43.7 Å². The van der Waals surface area contributed by atoms with Gasteiger partial charge < -0.3 is 10.2 Å². The topological polar surface area (TPSA) is 18.5 Å². The summed E-state index contributed by atoms with van der Waals surface area (Å²) in [6.45, 7) is 12.5. The number of unbranched alkanes of at least 4 members (excludes halogenated alkanes) is 1. The van der Waals surface area contributed by atoms with Crippen LogP contribution in [0.4, 0.5) is 11.4 Å². The first-order valence-corrected chi connectivity index (χ1v) is 8.03. The van der Waals surface area contributed by atoms with Crippen LogP contribution in [0.2, 0.25) is 0 Å². The largest absolute Gasteiger partial charge is 0.385 e. The van der Waals surface area contributed by atoms with Crippen LogP contribution in [-0.2, 0) is 0 Å². The van der Waals surface area contributed by atoms with E-state index >= 15 is 0 Å². The Bertz CT molecular complexity index is 378. The number of rotatable bonds is 6. The van der Waals surface area contributed by atoms with E-state index in [4.69, 9.17) is 0 Å². The van der Waals surface area contributed by atoms with Gasteiger partial charge >= 0.3 is 0 Å². The van der Waals surface area contributed by atoms with E-state index in [1.165, 1.54) is 37.3 Å². The zero-order valence-corrected chi connectivity index (χ0v) is 13.2. The summed E-state index contributed by atoms with van der Waals surface area (Å²) < 4.78 is 0. The van der Waals surface area contributed by atoms with E-state index < -0.39 is 0 Å². The van der Waals surface area contributed by atoms with Crippen LogP contribution in [0, 0.1) is 0 Å². The van der Waals surface area contributed by atoms with Gasteiger partial charge in [-0.2, -0.15) is 0 Å². The summed E-state index contributed by atoms with van der Waals surface area (Å²) in [6.07, 6.45) is 2.48. The Kier molecular flexibility index (Phi) is 5.72. The zero-order chi connectivity index (χ0) is 14.4. The summed E-state index contributed by atoms with van der Waals surface area (Å²) >= 11 is 0. The summed E-state index contributed by atoms with van der Waals surface area (Å²) in [5.41, 5.74) is 2.59. The average Bonchev–Trinajstić information content (AvgIpc) is 2.48. The van der Waals surface area contributed by atoms with Gasteiger partial charge in [-0.1, -0.05) is 13.3 Å². The molecule has 0 amide bonds. The minimum atomic E-state index is 0.669. The van der Waals surface area contributed by atoms with Gasteiger partial charge in [0.2, 0.25) is 0 Å². The molecule has 3 nitrogen and oxygen atoms in total. The number of benzene rings is 1. The predicted octanol–water partition coefficient (Wildman–Crippen LogP) is 3.43. The van der Waals surface area contributed by atoms with Crippen LogP contribution >= 0.6 is 0 Å². The molecule has 1 N–H and O–H groups in total. The first-order valence-electron chi connectivity index (χ1n) is 8.03. The fourth-order valence-corrected chi connectivity index (χ4v) is 2.70. The molecule has 20 heavy (non-hydrogen) atoms. The van der Waals surface area contributed by atoms with Gasteiger partial charge in [-0.05, 0) is 44.5 Å². The molecule has 0 bridgehead atoms. The second-order valence-electron chi connectivity index (χ2n) is 5.94. The van der Waals surface area contributed by atoms with Crippen molar-refractivity contribution in [1.29, 1.82) is 0 Å². The molecule has 0 spiro atoms. The van der Waals surface area contributed by atoms with Crippen molar-refractivity contribution >= 4 is 11.4 Å². The minimum absolute atomic E-state index is 0.669. The van der Waals surface area contributed by atoms with Crippen LogP contribution in [0.15, 0.2) is 24.3 Å². The lowest BCUT2D eigenvalue weighted by Crippen LogP contribution is -2.48. The van der Waals surface area contributed by atoms with Gasteiger partial charge in [0.25, 0.3) is 0 Å². The summed E-state index contributed by atoms with van der Waals surface area (Å²) in [7, 11) is 0. The number of piperazine rings is 1. The Hall–Kier alpha value is -1.22. The third-order valence-electron chi connectivity index (χ3n) is 4.14. The zero-order valence-electron chi connectivity index (χ0n) is 13.2. The Morgan fingerprint density at radius 3 is 2.25 bits per heavy atom. The quantitative estimate of drug-likeness (QED) is 0.802. The van der Waals surface area contributed by atoms with Crippen LogP contribution in [0.5, 0.6) is 0 Å². The van der Waals surface area contributed by atoms with Crippen molar-refractivity contribution in [1.82, 2.24) is 4.90 Å². The van der Waals surface area contributed by atoms with E-state index in [2.05, 4.69) is 60.2 Å². The molecule has 0 unspecified atom stereocenters. The minimum Gasteiger partial charge on any atom is -0.385 e. The van der Waals surface area contributed by atoms with Gasteiger partial charge in [0.1, 0.15) is 0 Å². The summed E-state index contributed by atoms with van der Waals surface area (Å²) in [5, 5.41) is 3.47. The van der Waals surface area contributed by atoms with Gasteiger partial charge in [-0.25, -0.2) is 0 Å². The highest BCUT2D eigenvalue weighted by Gasteiger charge is 2.18. The summed E-state index contributed by atoms with van der Waals surface area (Å²) in [6, 6.07) is 9.58. The van der Waals surface area contributed by atoms with Crippen molar-refractivity contribution < 1.29 is 0 Å². The maximum atomic E-state index is 3.47. The highest BCUT2D eigenvalue weighted by molar-refractivity contribution is 5.55. The Labute approximate surface area is 124 Å². The SMILES string of the molecule is CCCCNc1ccc(N2CCN(C(C)C)CC2)cc1. The molecule has 1 aliphatic heterocycles. The number of nitrogens with zero attached hydrogens (tertiary/aromatic N) is 2. The van der Waals surface area contributed by atoms with Crippen molar-refractivity contribution in [3.63, 3.8) is 0 Å². The lowest BCUT2D eigenvalue weighted by molar-refractivity contribution is 0.209. The first kappa shape index (κ1) is 15.2. The van der Waals surface area contributed by atoms with E-state index in [-0.39, 0.29) is 0 Å². The van der Waals surface area contributed by atoms with Crippen LogP contribution < -0.4 is 10.2 Å². The standard InChI is InChI=1S/C17H29N3/c1-4-5-10-18-16-6-8-17(9-7-16)20-13-11-19(12-14-20)15(2)3/h6-9,15,18H,4-5,10-14H2,1-3H3. The second kappa shape index (κ2) is 7.53. The van der Waals surface area contributed by atoms with Gasteiger partial charge in [0.05, 0.1) is 0 Å². The van der Waals surface area contributed by atoms with Gasteiger partial charge in [0.15, 0.2) is 0 Å². The average molecular weight is 275 g/mol. The van der Waals surface area contributed by atoms with Crippen molar-refractivity contribution in [3.8, 4) is 0 Å². The molecule has 1 aromatic rings. The molecular weight excluding hydrogens is 246 g/mol. The third kappa shape index (κ3) is 4.14. The fraction of sp³-hybridized carbons (Fsp3) is 0.647. The third-order valence-corrected chi connectivity index (χ3v) is 4.14. The highest BCUT2D eigenvalue weighted by Crippen LogP contribution is 2.20. The molecular formula is C17H29N3. The van der Waals surface area contributed by atoms with Gasteiger partial charge in [0, 0.05) is 50.1 Å². The molecule has 1 aliphatic rings. The van der Waals surface area contributed by atoms with E-state index in [0.717, 1.165) is 19.6 Å². The van der Waals surface area contributed by atoms with E-state index in [1.54, 1.807) is 0 Å². The molecule has 1 heterocycles. The van der Waals surface area contributed by atoms with Gasteiger partial charge in [-0.3, -0.25) is 4.90 Å². The molecule has 0 atom stereocenters. The van der Waals surface area contributed by atoms with Gasteiger partial charge in [-0.15, -0.1) is 0 Å². The van der Waals surface area contributed by atoms with Crippen LogP contribution in [0.1, 0.15) is 33.6 Å². The number of anilines is 2. The van der Waals surface area contributed by atoms with Crippen molar-refractivity contribution in [2.24, 2.45) is 0 Å². The maximum absolute atomic E-state index is 3.47. The molecule has 0 radical (unpaired) electrons. The molecule has 0 aliphatic carbocycles. The maximum Gasteiger partial charge on any atom is 0.0368 e. The molecule has 112 valence electrons. The van der Waals surface area contributed by atoms with E-state index in [1.807, 2.05) is 0 Å². The lowest BCUT2D eigenvalue weighted by Gasteiger charge is -2.38. The Balaban J connectivity index is 1.84. The highest BCUT2D eigenvalue weighted by atomic mass is 15.3. The Morgan fingerprint density at radius 1 is 1.05 bits per heavy atom. The summed E-state index contributed by atoms with van der Waals surface area (Å²) in [4.78, 5) is 5.05. The molecule has 1 saturated heterocycles.